The number of aliphatic carboxylic acids is 1. The maximum Gasteiger partial charge on any atom is 0.329 e. The van der Waals surface area contributed by atoms with Crippen LogP contribution in [0, 0.1) is 0 Å². The van der Waals surface area contributed by atoms with Gasteiger partial charge in [0.25, 0.3) is 0 Å². The normalized spacial score (nSPS) is 18.5. The van der Waals surface area contributed by atoms with Gasteiger partial charge in [-0.2, -0.15) is 0 Å². The summed E-state index contributed by atoms with van der Waals surface area (Å²) in [6.45, 7) is 0. The maximum atomic E-state index is 11.9. The number of carboxylic acid groups (broad SMARTS) is 1. The Kier molecular flexibility index (Phi) is 4.04. The zero-order chi connectivity index (χ0) is 13.1. The van der Waals surface area contributed by atoms with Crippen molar-refractivity contribution in [2.45, 2.75) is 12.5 Å². The number of thioether (sulfide) groups is 1. The number of Topliss-reactive ketones (excluding diaryl/α,β-unsaturated/α-hetero) is 1. The van der Waals surface area contributed by atoms with Crippen LogP contribution in [0.4, 0.5) is 0 Å². The predicted molar refractivity (Wildman–Crippen MR) is 71.7 cm³/mol. The number of hydrogen-bond acceptors (Lipinski definition) is 4. The van der Waals surface area contributed by atoms with Crippen LogP contribution in [0.2, 0.25) is 5.02 Å². The number of rotatable bonds is 4. The predicted octanol–water partition coefficient (Wildman–Crippen LogP) is 2.51. The highest BCUT2D eigenvalue weighted by molar-refractivity contribution is 8.14. The molecule has 0 bridgehead atoms. The second-order valence-corrected chi connectivity index (χ2v) is 5.32. The minimum Gasteiger partial charge on any atom is -0.480 e. The summed E-state index contributed by atoms with van der Waals surface area (Å²) in [5, 5.41) is 9.95. The van der Waals surface area contributed by atoms with Gasteiger partial charge in [-0.15, -0.1) is 11.8 Å². The molecule has 1 aliphatic rings. The number of carboxylic acids is 1. The van der Waals surface area contributed by atoms with Crippen molar-refractivity contribution in [3.05, 3.63) is 34.9 Å². The number of benzene rings is 1. The molecule has 1 aliphatic heterocycles. The molecule has 94 valence electrons. The lowest BCUT2D eigenvalue weighted by atomic mass is 10.1. The highest BCUT2D eigenvalue weighted by Gasteiger charge is 2.25. The summed E-state index contributed by atoms with van der Waals surface area (Å²) >= 11 is 7.06. The summed E-state index contributed by atoms with van der Waals surface area (Å²) in [5.41, 5.74) is 0.557. The van der Waals surface area contributed by atoms with E-state index in [2.05, 4.69) is 4.99 Å². The molecule has 0 fully saturated rings. The molecule has 1 N–H and O–H groups in total. The Labute approximate surface area is 113 Å². The van der Waals surface area contributed by atoms with Crippen LogP contribution in [0.25, 0.3) is 0 Å². The number of carbonyl (C=O) groups is 2. The van der Waals surface area contributed by atoms with Crippen molar-refractivity contribution < 1.29 is 14.7 Å². The third-order valence-corrected chi connectivity index (χ3v) is 3.79. The SMILES string of the molecule is O=C(CC1=NC(C(=O)O)CS1)c1ccc(Cl)cc1. The molecule has 1 atom stereocenters. The van der Waals surface area contributed by atoms with Crippen LogP contribution in [0.1, 0.15) is 16.8 Å². The third-order valence-electron chi connectivity index (χ3n) is 2.47. The third kappa shape index (κ3) is 3.11. The number of carbonyl (C=O) groups excluding carboxylic acids is 1. The van der Waals surface area contributed by atoms with E-state index in [1.807, 2.05) is 0 Å². The van der Waals surface area contributed by atoms with Gasteiger partial charge < -0.3 is 5.11 Å². The summed E-state index contributed by atoms with van der Waals surface area (Å²) < 4.78 is 0. The highest BCUT2D eigenvalue weighted by atomic mass is 35.5. The lowest BCUT2D eigenvalue weighted by molar-refractivity contribution is -0.137. The number of hydrogen-bond donors (Lipinski definition) is 1. The molecule has 6 heteroatoms. The van der Waals surface area contributed by atoms with E-state index in [4.69, 9.17) is 16.7 Å². The van der Waals surface area contributed by atoms with E-state index in [0.717, 1.165) is 0 Å². The number of nitrogens with zero attached hydrogens (tertiary/aromatic N) is 1. The van der Waals surface area contributed by atoms with Crippen molar-refractivity contribution in [1.29, 1.82) is 0 Å². The first-order chi connectivity index (χ1) is 8.56. The van der Waals surface area contributed by atoms with Gasteiger partial charge in [0.1, 0.15) is 0 Å². The zero-order valence-corrected chi connectivity index (χ0v) is 10.9. The summed E-state index contributed by atoms with van der Waals surface area (Å²) in [5.74, 6) is -0.626. The molecule has 0 radical (unpaired) electrons. The molecule has 4 nitrogen and oxygen atoms in total. The van der Waals surface area contributed by atoms with Gasteiger partial charge in [0, 0.05) is 16.3 Å². The Morgan fingerprint density at radius 2 is 2.06 bits per heavy atom. The Balaban J connectivity index is 2.02. The molecule has 0 amide bonds. The lowest BCUT2D eigenvalue weighted by Gasteiger charge is -2.00. The first-order valence-electron chi connectivity index (χ1n) is 5.27. The fourth-order valence-corrected chi connectivity index (χ4v) is 2.65. The monoisotopic (exact) mass is 283 g/mol. The molecule has 0 aliphatic carbocycles. The maximum absolute atomic E-state index is 11.9. The number of ketones is 1. The molecule has 1 unspecified atom stereocenters. The van der Waals surface area contributed by atoms with Gasteiger partial charge in [-0.1, -0.05) is 11.6 Å². The van der Waals surface area contributed by atoms with E-state index in [-0.39, 0.29) is 12.2 Å². The molecule has 0 spiro atoms. The summed E-state index contributed by atoms with van der Waals surface area (Å²) in [6.07, 6.45) is 0.149. The van der Waals surface area contributed by atoms with Gasteiger partial charge in [-0.05, 0) is 24.3 Å². The minimum atomic E-state index is -0.948. The van der Waals surface area contributed by atoms with Crippen LogP contribution in [-0.2, 0) is 4.79 Å². The van der Waals surface area contributed by atoms with Crippen LogP contribution < -0.4 is 0 Å². The summed E-state index contributed by atoms with van der Waals surface area (Å²) in [7, 11) is 0. The molecule has 1 heterocycles. The van der Waals surface area contributed by atoms with Gasteiger partial charge in [0.2, 0.25) is 0 Å². The molecule has 1 aromatic rings. The van der Waals surface area contributed by atoms with Crippen LogP contribution in [0.3, 0.4) is 0 Å². The molecular formula is C12H10ClNO3S. The van der Waals surface area contributed by atoms with Crippen LogP contribution in [0.15, 0.2) is 29.3 Å². The van der Waals surface area contributed by atoms with Crippen molar-refractivity contribution in [2.24, 2.45) is 4.99 Å². The highest BCUT2D eigenvalue weighted by Crippen LogP contribution is 2.22. The van der Waals surface area contributed by atoms with Crippen molar-refractivity contribution in [1.82, 2.24) is 0 Å². The van der Waals surface area contributed by atoms with Gasteiger partial charge in [-0.3, -0.25) is 9.79 Å². The van der Waals surface area contributed by atoms with Crippen LogP contribution in [-0.4, -0.2) is 33.7 Å². The molecule has 0 saturated heterocycles. The number of halogens is 1. The first kappa shape index (κ1) is 13.1. The van der Waals surface area contributed by atoms with Gasteiger partial charge in [0.05, 0.1) is 11.5 Å². The fraction of sp³-hybridized carbons (Fsp3) is 0.250. The quantitative estimate of drug-likeness (QED) is 0.862. The molecule has 18 heavy (non-hydrogen) atoms. The van der Waals surface area contributed by atoms with E-state index in [0.29, 0.717) is 21.4 Å². The van der Waals surface area contributed by atoms with Crippen molar-refractivity contribution in [2.75, 3.05) is 5.75 Å². The molecule has 0 saturated carbocycles. The minimum absolute atomic E-state index is 0.0797. The molecule has 1 aromatic carbocycles. The second kappa shape index (κ2) is 5.54. The van der Waals surface area contributed by atoms with E-state index in [9.17, 15) is 9.59 Å². The Bertz CT molecular complexity index is 513. The largest absolute Gasteiger partial charge is 0.480 e. The first-order valence-corrected chi connectivity index (χ1v) is 6.63. The van der Waals surface area contributed by atoms with Crippen molar-refractivity contribution >= 4 is 40.2 Å². The Hall–Kier alpha value is -1.33. The Morgan fingerprint density at radius 3 is 2.61 bits per heavy atom. The lowest BCUT2D eigenvalue weighted by Crippen LogP contribution is -2.17. The fourth-order valence-electron chi connectivity index (χ4n) is 1.52. The van der Waals surface area contributed by atoms with Crippen LogP contribution in [0.5, 0.6) is 0 Å². The standard InChI is InChI=1S/C12H10ClNO3S/c13-8-3-1-7(2-4-8)10(15)5-11-14-9(6-18-11)12(16)17/h1-4,9H,5-6H2,(H,16,17). The van der Waals surface area contributed by atoms with Crippen molar-refractivity contribution in [3.8, 4) is 0 Å². The second-order valence-electron chi connectivity index (χ2n) is 3.79. The average Bonchev–Trinajstić information content (AvgIpc) is 2.78. The van der Waals surface area contributed by atoms with Crippen molar-refractivity contribution in [3.63, 3.8) is 0 Å². The average molecular weight is 284 g/mol. The van der Waals surface area contributed by atoms with Gasteiger partial charge >= 0.3 is 5.97 Å². The smallest absolute Gasteiger partial charge is 0.329 e. The van der Waals surface area contributed by atoms with E-state index in [1.165, 1.54) is 11.8 Å². The molecule has 2 rings (SSSR count). The topological polar surface area (TPSA) is 66.7 Å². The summed E-state index contributed by atoms with van der Waals surface area (Å²) in [6, 6.07) is 5.89. The van der Waals surface area contributed by atoms with E-state index < -0.39 is 12.0 Å². The molecule has 0 aromatic heterocycles. The number of aliphatic imine (C=N–C) groups is 1. The zero-order valence-electron chi connectivity index (χ0n) is 9.30. The van der Waals surface area contributed by atoms with Gasteiger partial charge in [0.15, 0.2) is 11.8 Å². The molecular weight excluding hydrogens is 274 g/mol. The van der Waals surface area contributed by atoms with Gasteiger partial charge in [-0.25, -0.2) is 4.79 Å². The van der Waals surface area contributed by atoms with E-state index >= 15 is 0 Å². The Morgan fingerprint density at radius 1 is 1.39 bits per heavy atom. The van der Waals surface area contributed by atoms with Crippen LogP contribution >= 0.6 is 23.4 Å². The van der Waals surface area contributed by atoms with E-state index in [1.54, 1.807) is 24.3 Å². The summed E-state index contributed by atoms with van der Waals surface area (Å²) in [4.78, 5) is 26.6.